The number of nitrogens with zero attached hydrogens (tertiary/aromatic N) is 5. The molecule has 0 radical (unpaired) electrons. The Morgan fingerprint density at radius 3 is 2.92 bits per heavy atom. The van der Waals surface area contributed by atoms with Crippen LogP contribution in [-0.4, -0.2) is 68.4 Å². The lowest BCUT2D eigenvalue weighted by Crippen LogP contribution is -2.50. The van der Waals surface area contributed by atoms with Crippen molar-refractivity contribution in [1.29, 1.82) is 0 Å². The van der Waals surface area contributed by atoms with E-state index in [4.69, 9.17) is 4.74 Å². The van der Waals surface area contributed by atoms with Gasteiger partial charge in [-0.3, -0.25) is 14.9 Å². The van der Waals surface area contributed by atoms with Crippen LogP contribution in [0.25, 0.3) is 0 Å². The van der Waals surface area contributed by atoms with Crippen molar-refractivity contribution >= 4 is 0 Å². The summed E-state index contributed by atoms with van der Waals surface area (Å²) in [5, 5.41) is 7.48. The molecule has 0 saturated carbocycles. The van der Waals surface area contributed by atoms with E-state index in [1.165, 1.54) is 11.4 Å². The third-order valence-corrected chi connectivity index (χ3v) is 5.14. The number of nitrogens with one attached hydrogen (secondary N) is 1. The number of fused-ring (bicyclic) bond motifs is 1. The van der Waals surface area contributed by atoms with Crippen molar-refractivity contribution in [3.8, 4) is 0 Å². The second-order valence-corrected chi connectivity index (χ2v) is 6.97. The highest BCUT2D eigenvalue weighted by molar-refractivity contribution is 5.19. The molecule has 0 aliphatic carbocycles. The number of hydrogen-bond acceptors (Lipinski definition) is 5. The molecule has 7 nitrogen and oxygen atoms in total. The molecule has 2 aliphatic rings. The Morgan fingerprint density at radius 1 is 1.33 bits per heavy atom. The van der Waals surface area contributed by atoms with Crippen molar-refractivity contribution in [2.45, 2.75) is 32.5 Å². The normalized spacial score (nSPS) is 22.7. The zero-order valence-corrected chi connectivity index (χ0v) is 14.5. The number of aromatic amines is 1. The van der Waals surface area contributed by atoms with Crippen LogP contribution in [0.1, 0.15) is 22.8 Å². The molecule has 130 valence electrons. The minimum absolute atomic E-state index is 0.489. The van der Waals surface area contributed by atoms with Gasteiger partial charge < -0.3 is 9.30 Å². The quantitative estimate of drug-likeness (QED) is 0.895. The fourth-order valence-electron chi connectivity index (χ4n) is 3.78. The third kappa shape index (κ3) is 3.24. The van der Waals surface area contributed by atoms with Crippen molar-refractivity contribution in [3.05, 3.63) is 35.2 Å². The van der Waals surface area contributed by atoms with Crippen LogP contribution in [0.5, 0.6) is 0 Å². The molecule has 1 fully saturated rings. The van der Waals surface area contributed by atoms with E-state index in [-0.39, 0.29) is 0 Å². The van der Waals surface area contributed by atoms with Crippen LogP contribution in [0.15, 0.2) is 12.4 Å². The van der Waals surface area contributed by atoms with Gasteiger partial charge in [-0.25, -0.2) is 4.98 Å². The molecule has 7 heteroatoms. The van der Waals surface area contributed by atoms with Crippen LogP contribution in [0.4, 0.5) is 0 Å². The summed E-state index contributed by atoms with van der Waals surface area (Å²) in [5.41, 5.74) is 4.81. The minimum atomic E-state index is 0.489. The number of rotatable bonds is 4. The molecular formula is C17H26N6O. The zero-order valence-electron chi connectivity index (χ0n) is 14.5. The summed E-state index contributed by atoms with van der Waals surface area (Å²) in [6.45, 7) is 8.66. The first kappa shape index (κ1) is 15.8. The number of H-pyrrole nitrogens is 1. The van der Waals surface area contributed by atoms with Gasteiger partial charge >= 0.3 is 0 Å². The first-order chi connectivity index (χ1) is 11.7. The standard InChI is InChI=1S/C17H26N6O/c1-13-7-14(20-19-13)9-23-11-16-17(21(2)12-18-16)8-15(23)10-22-3-5-24-6-4-22/h7,12,15H,3-6,8-11H2,1-2H3,(H,19,20). The predicted octanol–water partition coefficient (Wildman–Crippen LogP) is 0.711. The molecule has 2 aromatic rings. The first-order valence-corrected chi connectivity index (χ1v) is 8.73. The molecule has 1 unspecified atom stereocenters. The Morgan fingerprint density at radius 2 is 2.17 bits per heavy atom. The Kier molecular flexibility index (Phi) is 4.39. The fraction of sp³-hybridized carbons (Fsp3) is 0.647. The average molecular weight is 330 g/mol. The van der Waals surface area contributed by atoms with Crippen LogP contribution in [0.3, 0.4) is 0 Å². The molecule has 0 amide bonds. The van der Waals surface area contributed by atoms with E-state index in [0.717, 1.165) is 63.7 Å². The first-order valence-electron chi connectivity index (χ1n) is 8.73. The van der Waals surface area contributed by atoms with Gasteiger partial charge in [-0.1, -0.05) is 0 Å². The fourth-order valence-corrected chi connectivity index (χ4v) is 3.78. The summed E-state index contributed by atoms with van der Waals surface area (Å²) in [6.07, 6.45) is 2.99. The number of aromatic nitrogens is 4. The Balaban J connectivity index is 1.53. The number of aryl methyl sites for hydroxylation is 2. The number of imidazole rings is 1. The Labute approximate surface area is 142 Å². The summed E-state index contributed by atoms with van der Waals surface area (Å²) in [6, 6.07) is 2.63. The third-order valence-electron chi connectivity index (χ3n) is 5.14. The molecule has 1 atom stereocenters. The van der Waals surface area contributed by atoms with E-state index in [1.807, 2.05) is 6.33 Å². The monoisotopic (exact) mass is 330 g/mol. The van der Waals surface area contributed by atoms with Gasteiger partial charge in [0.1, 0.15) is 0 Å². The van der Waals surface area contributed by atoms with E-state index in [9.17, 15) is 0 Å². The molecule has 0 bridgehead atoms. The summed E-state index contributed by atoms with van der Waals surface area (Å²) in [4.78, 5) is 9.65. The Hall–Kier alpha value is -1.70. The molecule has 1 saturated heterocycles. The predicted molar refractivity (Wildman–Crippen MR) is 90.5 cm³/mol. The molecule has 0 aromatic carbocycles. The van der Waals surface area contributed by atoms with Gasteiger partial charge in [0.2, 0.25) is 0 Å². The lowest BCUT2D eigenvalue weighted by molar-refractivity contribution is 0.0178. The van der Waals surface area contributed by atoms with Gasteiger partial charge in [0.25, 0.3) is 0 Å². The molecule has 1 N–H and O–H groups in total. The van der Waals surface area contributed by atoms with Crippen molar-refractivity contribution < 1.29 is 4.74 Å². The van der Waals surface area contributed by atoms with E-state index in [1.54, 1.807) is 0 Å². The summed E-state index contributed by atoms with van der Waals surface area (Å²) in [5.74, 6) is 0. The second-order valence-electron chi connectivity index (χ2n) is 6.97. The Bertz CT molecular complexity index is 687. The van der Waals surface area contributed by atoms with Crippen molar-refractivity contribution in [3.63, 3.8) is 0 Å². The highest BCUT2D eigenvalue weighted by atomic mass is 16.5. The largest absolute Gasteiger partial charge is 0.379 e. The van der Waals surface area contributed by atoms with Gasteiger partial charge in [0, 0.05) is 63.6 Å². The molecular weight excluding hydrogens is 304 g/mol. The highest BCUT2D eigenvalue weighted by Crippen LogP contribution is 2.24. The average Bonchev–Trinajstić information content (AvgIpc) is 3.15. The maximum atomic E-state index is 5.49. The van der Waals surface area contributed by atoms with E-state index < -0.39 is 0 Å². The summed E-state index contributed by atoms with van der Waals surface area (Å²) < 4.78 is 7.67. The van der Waals surface area contributed by atoms with E-state index in [2.05, 4.69) is 49.6 Å². The van der Waals surface area contributed by atoms with Crippen LogP contribution in [0.2, 0.25) is 0 Å². The van der Waals surface area contributed by atoms with E-state index >= 15 is 0 Å². The maximum Gasteiger partial charge on any atom is 0.0949 e. The van der Waals surface area contributed by atoms with Crippen molar-refractivity contribution in [2.24, 2.45) is 7.05 Å². The molecule has 2 aromatic heterocycles. The topological polar surface area (TPSA) is 62.2 Å². The minimum Gasteiger partial charge on any atom is -0.379 e. The number of hydrogen-bond donors (Lipinski definition) is 1. The van der Waals surface area contributed by atoms with Crippen LogP contribution >= 0.6 is 0 Å². The SMILES string of the molecule is Cc1cc(CN2Cc3ncn(C)c3CC2CN2CCOCC2)n[nH]1. The summed E-state index contributed by atoms with van der Waals surface area (Å²) >= 11 is 0. The van der Waals surface area contributed by atoms with Crippen LogP contribution in [0, 0.1) is 6.92 Å². The lowest BCUT2D eigenvalue weighted by Gasteiger charge is -2.39. The molecule has 24 heavy (non-hydrogen) atoms. The number of morpholine rings is 1. The highest BCUT2D eigenvalue weighted by Gasteiger charge is 2.31. The van der Waals surface area contributed by atoms with Gasteiger partial charge in [0.05, 0.1) is 30.9 Å². The second kappa shape index (κ2) is 6.66. The van der Waals surface area contributed by atoms with Crippen LogP contribution in [-0.2, 0) is 31.3 Å². The zero-order chi connectivity index (χ0) is 16.5. The summed E-state index contributed by atoms with van der Waals surface area (Å²) in [7, 11) is 2.10. The smallest absolute Gasteiger partial charge is 0.0949 e. The van der Waals surface area contributed by atoms with Gasteiger partial charge in [-0.15, -0.1) is 0 Å². The van der Waals surface area contributed by atoms with Crippen molar-refractivity contribution in [2.75, 3.05) is 32.8 Å². The lowest BCUT2D eigenvalue weighted by atomic mass is 10.0. The molecule has 4 heterocycles. The van der Waals surface area contributed by atoms with Crippen molar-refractivity contribution in [1.82, 2.24) is 29.5 Å². The maximum absolute atomic E-state index is 5.49. The van der Waals surface area contributed by atoms with Crippen LogP contribution < -0.4 is 0 Å². The molecule has 0 spiro atoms. The van der Waals surface area contributed by atoms with E-state index in [0.29, 0.717) is 6.04 Å². The molecule has 2 aliphatic heterocycles. The number of ether oxygens (including phenoxy) is 1. The van der Waals surface area contributed by atoms with Gasteiger partial charge in [0.15, 0.2) is 0 Å². The molecule has 4 rings (SSSR count). The van der Waals surface area contributed by atoms with Gasteiger partial charge in [-0.2, -0.15) is 5.10 Å². The van der Waals surface area contributed by atoms with Gasteiger partial charge in [-0.05, 0) is 13.0 Å².